The summed E-state index contributed by atoms with van der Waals surface area (Å²) in [4.78, 5) is 24.4. The quantitative estimate of drug-likeness (QED) is 0.876. The van der Waals surface area contributed by atoms with E-state index in [-0.39, 0.29) is 12.5 Å². The van der Waals surface area contributed by atoms with E-state index in [0.717, 1.165) is 5.56 Å². The molecule has 1 aromatic carbocycles. The van der Waals surface area contributed by atoms with Crippen LogP contribution in [0.4, 0.5) is 0 Å². The number of carbonyl (C=O) groups is 2. The highest BCUT2D eigenvalue weighted by molar-refractivity contribution is 5.95. The van der Waals surface area contributed by atoms with Gasteiger partial charge in [0.1, 0.15) is 17.1 Å². The fourth-order valence-corrected chi connectivity index (χ4v) is 2.16. The third-order valence-corrected chi connectivity index (χ3v) is 3.30. The largest absolute Gasteiger partial charge is 0.482 e. The van der Waals surface area contributed by atoms with Gasteiger partial charge in [-0.05, 0) is 31.5 Å². The average Bonchev–Trinajstić information content (AvgIpc) is 2.84. The Kier molecular flexibility index (Phi) is 5.00. The molecule has 0 fully saturated rings. The van der Waals surface area contributed by atoms with Gasteiger partial charge < -0.3 is 19.3 Å². The van der Waals surface area contributed by atoms with Crippen molar-refractivity contribution in [2.75, 3.05) is 13.7 Å². The van der Waals surface area contributed by atoms with E-state index in [4.69, 9.17) is 14.4 Å². The highest BCUT2D eigenvalue weighted by atomic mass is 16.5. The number of aliphatic carboxylic acids is 1. The van der Waals surface area contributed by atoms with E-state index >= 15 is 0 Å². The number of rotatable bonds is 6. The van der Waals surface area contributed by atoms with Crippen molar-refractivity contribution >= 4 is 11.9 Å². The second-order valence-corrected chi connectivity index (χ2v) is 5.19. The van der Waals surface area contributed by atoms with Gasteiger partial charge in [-0.15, -0.1) is 0 Å². The number of nitrogens with zero attached hydrogens (tertiary/aromatic N) is 2. The number of aryl methyl sites for hydroxylation is 2. The Morgan fingerprint density at radius 1 is 1.26 bits per heavy atom. The Labute approximate surface area is 133 Å². The first-order valence-electron chi connectivity index (χ1n) is 7.00. The summed E-state index contributed by atoms with van der Waals surface area (Å²) in [5, 5.41) is 12.3. The molecule has 0 aliphatic carbocycles. The SMILES string of the molecule is Cc1noc(C)c1C(=O)N(C)Cc1ccc(OCC(=O)O)cc1. The molecule has 1 heterocycles. The minimum Gasteiger partial charge on any atom is -0.482 e. The van der Waals surface area contributed by atoms with Crippen molar-refractivity contribution < 1.29 is 24.0 Å². The predicted molar refractivity (Wildman–Crippen MR) is 81.3 cm³/mol. The molecule has 0 saturated heterocycles. The molecule has 0 bridgehead atoms. The maximum atomic E-state index is 12.4. The number of ether oxygens (including phenoxy) is 1. The summed E-state index contributed by atoms with van der Waals surface area (Å²) in [7, 11) is 1.70. The normalized spacial score (nSPS) is 10.4. The zero-order valence-electron chi connectivity index (χ0n) is 13.2. The molecule has 1 aromatic heterocycles. The number of benzene rings is 1. The number of carboxylic acids is 1. The first kappa shape index (κ1) is 16.5. The van der Waals surface area contributed by atoms with Crippen molar-refractivity contribution in [1.82, 2.24) is 10.1 Å². The molecule has 7 heteroatoms. The molecular weight excluding hydrogens is 300 g/mol. The minimum absolute atomic E-state index is 0.160. The molecule has 1 amide bonds. The molecule has 0 aliphatic heterocycles. The number of aromatic nitrogens is 1. The number of carbonyl (C=O) groups excluding carboxylic acids is 1. The van der Waals surface area contributed by atoms with E-state index in [2.05, 4.69) is 5.16 Å². The lowest BCUT2D eigenvalue weighted by Gasteiger charge is -2.17. The van der Waals surface area contributed by atoms with Gasteiger partial charge in [0, 0.05) is 13.6 Å². The van der Waals surface area contributed by atoms with E-state index in [1.54, 1.807) is 50.1 Å². The summed E-state index contributed by atoms with van der Waals surface area (Å²) in [6.45, 7) is 3.45. The zero-order chi connectivity index (χ0) is 17.0. The Hall–Kier alpha value is -2.83. The van der Waals surface area contributed by atoms with E-state index in [1.807, 2.05) is 0 Å². The molecule has 1 N–H and O–H groups in total. The molecule has 122 valence electrons. The van der Waals surface area contributed by atoms with Crippen molar-refractivity contribution in [2.45, 2.75) is 20.4 Å². The van der Waals surface area contributed by atoms with Crippen LogP contribution in [-0.2, 0) is 11.3 Å². The van der Waals surface area contributed by atoms with Crippen LogP contribution in [0.25, 0.3) is 0 Å². The highest BCUT2D eigenvalue weighted by Gasteiger charge is 2.21. The molecular formula is C16H18N2O5. The fraction of sp³-hybridized carbons (Fsp3) is 0.312. The standard InChI is InChI=1S/C16H18N2O5/c1-10-15(11(2)23-17-10)16(21)18(3)8-12-4-6-13(7-5-12)22-9-14(19)20/h4-7H,8-9H2,1-3H3,(H,19,20). The number of amides is 1. The van der Waals surface area contributed by atoms with Crippen LogP contribution >= 0.6 is 0 Å². The maximum Gasteiger partial charge on any atom is 0.341 e. The van der Waals surface area contributed by atoms with Crippen LogP contribution in [0.5, 0.6) is 5.75 Å². The Morgan fingerprint density at radius 3 is 2.43 bits per heavy atom. The Balaban J connectivity index is 2.01. The summed E-state index contributed by atoms with van der Waals surface area (Å²) in [6, 6.07) is 6.92. The molecule has 7 nitrogen and oxygen atoms in total. The molecule has 0 atom stereocenters. The highest BCUT2D eigenvalue weighted by Crippen LogP contribution is 2.17. The molecule has 0 aliphatic rings. The molecule has 0 radical (unpaired) electrons. The second kappa shape index (κ2) is 6.95. The molecule has 23 heavy (non-hydrogen) atoms. The third-order valence-electron chi connectivity index (χ3n) is 3.30. The van der Waals surface area contributed by atoms with Gasteiger partial charge in [-0.2, -0.15) is 0 Å². The van der Waals surface area contributed by atoms with Crippen LogP contribution in [0.1, 0.15) is 27.4 Å². The van der Waals surface area contributed by atoms with Gasteiger partial charge in [-0.1, -0.05) is 17.3 Å². The second-order valence-electron chi connectivity index (χ2n) is 5.19. The summed E-state index contributed by atoms with van der Waals surface area (Å²) in [6.07, 6.45) is 0. The van der Waals surface area contributed by atoms with Gasteiger partial charge in [0.25, 0.3) is 5.91 Å². The van der Waals surface area contributed by atoms with Gasteiger partial charge in [-0.25, -0.2) is 4.79 Å². The van der Waals surface area contributed by atoms with Gasteiger partial charge in [0.15, 0.2) is 6.61 Å². The zero-order valence-corrected chi connectivity index (χ0v) is 13.2. The maximum absolute atomic E-state index is 12.4. The van der Waals surface area contributed by atoms with E-state index in [0.29, 0.717) is 29.3 Å². The lowest BCUT2D eigenvalue weighted by Crippen LogP contribution is -2.27. The van der Waals surface area contributed by atoms with Gasteiger partial charge in [-0.3, -0.25) is 4.79 Å². The van der Waals surface area contributed by atoms with Crippen molar-refractivity contribution in [3.05, 3.63) is 46.8 Å². The van der Waals surface area contributed by atoms with Crippen LogP contribution < -0.4 is 4.74 Å². The van der Waals surface area contributed by atoms with Crippen molar-refractivity contribution in [1.29, 1.82) is 0 Å². The smallest absolute Gasteiger partial charge is 0.341 e. The van der Waals surface area contributed by atoms with E-state index in [9.17, 15) is 9.59 Å². The van der Waals surface area contributed by atoms with Crippen molar-refractivity contribution in [3.63, 3.8) is 0 Å². The average molecular weight is 318 g/mol. The van der Waals surface area contributed by atoms with Gasteiger partial charge >= 0.3 is 5.97 Å². The third kappa shape index (κ3) is 4.09. The first-order valence-corrected chi connectivity index (χ1v) is 7.00. The van der Waals surface area contributed by atoms with Crippen LogP contribution in [0.15, 0.2) is 28.8 Å². The van der Waals surface area contributed by atoms with Gasteiger partial charge in [0.05, 0.1) is 5.69 Å². The van der Waals surface area contributed by atoms with Crippen molar-refractivity contribution in [2.24, 2.45) is 0 Å². The summed E-state index contributed by atoms with van der Waals surface area (Å²) >= 11 is 0. The van der Waals surface area contributed by atoms with Gasteiger partial charge in [0.2, 0.25) is 0 Å². The minimum atomic E-state index is -1.03. The molecule has 0 spiro atoms. The molecule has 0 saturated carbocycles. The fourth-order valence-electron chi connectivity index (χ4n) is 2.16. The molecule has 2 rings (SSSR count). The monoisotopic (exact) mass is 318 g/mol. The topological polar surface area (TPSA) is 92.9 Å². The van der Waals surface area contributed by atoms with Crippen molar-refractivity contribution in [3.8, 4) is 5.75 Å². The predicted octanol–water partition coefficient (Wildman–Crippen LogP) is 2.03. The summed E-state index contributed by atoms with van der Waals surface area (Å²) < 4.78 is 10.1. The Morgan fingerprint density at radius 2 is 1.91 bits per heavy atom. The summed E-state index contributed by atoms with van der Waals surface area (Å²) in [5.41, 5.74) is 1.95. The van der Waals surface area contributed by atoms with E-state index < -0.39 is 5.97 Å². The van der Waals surface area contributed by atoms with Crippen LogP contribution in [-0.4, -0.2) is 40.7 Å². The lowest BCUT2D eigenvalue weighted by molar-refractivity contribution is -0.139. The lowest BCUT2D eigenvalue weighted by atomic mass is 10.1. The molecule has 2 aromatic rings. The molecule has 0 unspecified atom stereocenters. The van der Waals surface area contributed by atoms with Crippen LogP contribution in [0.3, 0.4) is 0 Å². The van der Waals surface area contributed by atoms with Crippen LogP contribution in [0, 0.1) is 13.8 Å². The number of hydrogen-bond donors (Lipinski definition) is 1. The first-order chi connectivity index (χ1) is 10.9. The Bertz CT molecular complexity index is 686. The summed E-state index contributed by atoms with van der Waals surface area (Å²) in [5.74, 6) is -0.223. The number of carboxylic acid groups (broad SMARTS) is 1. The van der Waals surface area contributed by atoms with Crippen LogP contribution in [0.2, 0.25) is 0 Å². The van der Waals surface area contributed by atoms with E-state index in [1.165, 1.54) is 0 Å². The number of hydrogen-bond acceptors (Lipinski definition) is 5.